The number of nitrogens with zero attached hydrogens (tertiary/aromatic N) is 2. The number of nitrogens with two attached hydrogens (primary N) is 3. The molecule has 1 fully saturated rings. The first kappa shape index (κ1) is 51.8. The Kier molecular flexibility index (Phi) is 17.5. The third kappa shape index (κ3) is 12.8. The molecule has 15 nitrogen and oxygen atoms in total. The molecular weight excluding hydrogens is 947 g/mol. The Morgan fingerprint density at radius 2 is 1.11 bits per heavy atom. The molecular formula is C52H62N7O8S3+. The third-order valence-electron chi connectivity index (χ3n) is 13.2. The number of rotatable bonds is 13. The number of carbonyl (C=O) groups is 6. The van der Waals surface area contributed by atoms with Crippen molar-refractivity contribution in [3.05, 3.63) is 123 Å². The Morgan fingerprint density at radius 1 is 0.614 bits per heavy atom. The zero-order chi connectivity index (χ0) is 50.1. The second kappa shape index (κ2) is 23.7. The number of ketones is 1. The Labute approximate surface area is 419 Å². The fourth-order valence-corrected chi connectivity index (χ4v) is 13.7. The molecule has 0 bridgehead atoms. The van der Waals surface area contributed by atoms with Crippen molar-refractivity contribution in [2.75, 3.05) is 30.3 Å². The van der Waals surface area contributed by atoms with Crippen LogP contribution in [0.2, 0.25) is 0 Å². The first-order valence-corrected chi connectivity index (χ1v) is 26.5. The zero-order valence-electron chi connectivity index (χ0n) is 39.8. The van der Waals surface area contributed by atoms with E-state index in [0.29, 0.717) is 51.6 Å². The molecule has 9 rings (SSSR count). The minimum absolute atomic E-state index is 0.00625. The van der Waals surface area contributed by atoms with E-state index in [2.05, 4.69) is 15.5 Å². The smallest absolute Gasteiger partial charge is 0.320 e. The molecule has 1 aliphatic heterocycles. The number of thiophene rings is 3. The number of anilines is 2. The van der Waals surface area contributed by atoms with Crippen molar-refractivity contribution in [2.45, 2.75) is 123 Å². The number of carbonyl (C=O) groups excluding carboxylic acids is 6. The van der Waals surface area contributed by atoms with Crippen LogP contribution in [0.15, 0.2) is 42.5 Å². The lowest BCUT2D eigenvalue weighted by atomic mass is 9.93. The van der Waals surface area contributed by atoms with Crippen LogP contribution in [-0.2, 0) is 61.0 Å². The van der Waals surface area contributed by atoms with Crippen molar-refractivity contribution in [1.29, 1.82) is 0 Å². The van der Waals surface area contributed by atoms with E-state index < -0.39 is 17.7 Å². The van der Waals surface area contributed by atoms with Gasteiger partial charge in [-0.25, -0.2) is 5.21 Å². The molecule has 3 aliphatic carbocycles. The van der Waals surface area contributed by atoms with Gasteiger partial charge in [0, 0.05) is 49.5 Å². The molecule has 5 amide bonds. The highest BCUT2D eigenvalue weighted by atomic mass is 32.1. The number of likely N-dealkylation sites (tertiary alicyclic amines) is 1. The summed E-state index contributed by atoms with van der Waals surface area (Å²) in [7, 11) is 0. The summed E-state index contributed by atoms with van der Waals surface area (Å²) >= 11 is 4.51. The van der Waals surface area contributed by atoms with E-state index in [1.165, 1.54) is 50.5 Å². The number of amides is 5. The topological polar surface area (TPSA) is 248 Å². The van der Waals surface area contributed by atoms with Gasteiger partial charge in [0.15, 0.2) is 0 Å². The summed E-state index contributed by atoms with van der Waals surface area (Å²) in [6.45, 7) is 6.05. The van der Waals surface area contributed by atoms with Gasteiger partial charge < -0.3 is 27.8 Å². The molecule has 0 unspecified atom stereocenters. The van der Waals surface area contributed by atoms with Crippen molar-refractivity contribution in [1.82, 2.24) is 4.90 Å². The van der Waals surface area contributed by atoms with Crippen LogP contribution in [0.5, 0.6) is 0 Å². The maximum atomic E-state index is 12.5. The van der Waals surface area contributed by atoms with E-state index in [1.807, 2.05) is 31.2 Å². The Balaban J connectivity index is 0.000000155. The van der Waals surface area contributed by atoms with Crippen LogP contribution >= 0.6 is 34.0 Å². The van der Waals surface area contributed by atoms with Crippen molar-refractivity contribution < 1.29 is 38.9 Å². The molecule has 5 aromatic rings. The molecule has 4 aliphatic rings. The SMILES string of the molecule is Cc1ccc(C(=O)Nc2sc3c(c2C(N)=O)CCCC3)cc1[N+](=O)O.Cc1ccc(CC(=O)Cc2sc3c(c2C(N)=O)CCCC3)cc1.NC(=O)c1c(NC(=O)CN2CCCCC2)sc2c1CCCC2. The number of aryl methyl sites for hydroxylation is 5. The minimum atomic E-state index is -0.555. The minimum Gasteiger partial charge on any atom is -0.366 e. The van der Waals surface area contributed by atoms with Crippen molar-refractivity contribution in [3.63, 3.8) is 0 Å². The molecule has 0 radical (unpaired) electrons. The number of primary amides is 3. The summed E-state index contributed by atoms with van der Waals surface area (Å²) < 4.78 is 0. The lowest BCUT2D eigenvalue weighted by Crippen LogP contribution is -2.37. The quantitative estimate of drug-likeness (QED) is 0.0617. The van der Waals surface area contributed by atoms with Gasteiger partial charge in [0.25, 0.3) is 22.6 Å². The lowest BCUT2D eigenvalue weighted by Gasteiger charge is -2.25. The molecule has 70 heavy (non-hydrogen) atoms. The van der Waals surface area contributed by atoms with Crippen LogP contribution in [0.4, 0.5) is 15.7 Å². The van der Waals surface area contributed by atoms with Crippen LogP contribution < -0.4 is 27.8 Å². The van der Waals surface area contributed by atoms with Crippen LogP contribution in [0, 0.1) is 18.8 Å². The summed E-state index contributed by atoms with van der Waals surface area (Å²) in [6, 6.07) is 12.4. The number of hydrogen-bond acceptors (Lipinski definition) is 11. The monoisotopic (exact) mass is 1010 g/mol. The normalized spacial score (nSPS) is 15.1. The van der Waals surface area contributed by atoms with Gasteiger partial charge in [-0.05, 0) is 145 Å². The van der Waals surface area contributed by atoms with Gasteiger partial charge in [-0.2, -0.15) is 0 Å². The van der Waals surface area contributed by atoms with Crippen LogP contribution in [-0.4, -0.2) is 70.0 Å². The Morgan fingerprint density at radius 3 is 1.64 bits per heavy atom. The van der Waals surface area contributed by atoms with Gasteiger partial charge >= 0.3 is 5.69 Å². The molecule has 3 aromatic heterocycles. The number of Topliss-reactive ketones (excluding diaryl/α,β-unsaturated/α-hetero) is 1. The second-order valence-electron chi connectivity index (χ2n) is 18.4. The van der Waals surface area contributed by atoms with E-state index in [-0.39, 0.29) is 33.8 Å². The number of piperidine rings is 1. The molecule has 4 heterocycles. The number of hydrogen-bond donors (Lipinski definition) is 6. The van der Waals surface area contributed by atoms with E-state index in [0.717, 1.165) is 135 Å². The van der Waals surface area contributed by atoms with Gasteiger partial charge in [0.05, 0.1) is 28.1 Å². The average Bonchev–Trinajstić information content (AvgIpc) is 4.01. The number of fused-ring (bicyclic) bond motifs is 3. The molecule has 0 atom stereocenters. The largest absolute Gasteiger partial charge is 0.366 e. The van der Waals surface area contributed by atoms with Gasteiger partial charge in [-0.1, -0.05) is 42.3 Å². The third-order valence-corrected chi connectivity index (χ3v) is 16.9. The highest BCUT2D eigenvalue weighted by Gasteiger charge is 2.29. The van der Waals surface area contributed by atoms with Gasteiger partial charge in [-0.15, -0.1) is 34.0 Å². The Bertz CT molecular complexity index is 2800. The molecule has 1 saturated heterocycles. The molecule has 0 spiro atoms. The van der Waals surface area contributed by atoms with Crippen LogP contribution in [0.25, 0.3) is 0 Å². The molecule has 2 aromatic carbocycles. The maximum Gasteiger partial charge on any atom is 0.320 e. The van der Waals surface area contributed by atoms with Crippen molar-refractivity contribution >= 4 is 85.0 Å². The predicted octanol–water partition coefficient (Wildman–Crippen LogP) is 8.62. The molecule has 370 valence electrons. The van der Waals surface area contributed by atoms with Crippen LogP contribution in [0.1, 0.15) is 152 Å². The van der Waals surface area contributed by atoms with Gasteiger partial charge in [0.2, 0.25) is 11.8 Å². The first-order chi connectivity index (χ1) is 33.6. The standard InChI is InChI=1S/C19H21NO2S.C17H17N3O4S.C16H23N3O2S/c1-12-6-8-13(9-7-12)10-14(21)11-17-18(19(20)22)15-4-2-3-5-16(15)23-17;1-9-6-7-10(8-12(9)20(23)24)16(22)19-17-14(15(18)21)11-4-2-3-5-13(11)25-17;17-15(21)14-11-6-2-3-7-12(11)22-16(14)18-13(20)10-19-8-4-1-5-9-19/h6-9H,2-5,10-11H2,1H3,(H2,20,22);6-8H,2-5H2,1H3,(H3-,18,19,21,22,23,24);1-10H2,(H2,17,21)(H,18,20)/p+1. The highest BCUT2D eigenvalue weighted by molar-refractivity contribution is 7.17. The second-order valence-corrected chi connectivity index (χ2v) is 21.8. The fraction of sp³-hybridized carbons (Fsp3) is 0.423. The molecule has 0 saturated carbocycles. The summed E-state index contributed by atoms with van der Waals surface area (Å²) in [5.41, 5.74) is 24.3. The molecule has 9 N–H and O–H groups in total. The highest BCUT2D eigenvalue weighted by Crippen LogP contribution is 2.40. The summed E-state index contributed by atoms with van der Waals surface area (Å²) in [4.78, 5) is 90.2. The first-order valence-electron chi connectivity index (χ1n) is 24.1. The Hall–Kier alpha value is -6.08. The molecule has 18 heteroatoms. The summed E-state index contributed by atoms with van der Waals surface area (Å²) in [5.74, 6) is -1.74. The van der Waals surface area contributed by atoms with Gasteiger partial charge in [-0.3, -0.25) is 33.7 Å². The van der Waals surface area contributed by atoms with E-state index in [9.17, 15) is 33.7 Å². The van der Waals surface area contributed by atoms with Crippen molar-refractivity contribution in [2.24, 2.45) is 17.2 Å². The number of nitrogens with one attached hydrogen (secondary N) is 2. The maximum absolute atomic E-state index is 12.5. The van der Waals surface area contributed by atoms with Gasteiger partial charge in [0.1, 0.15) is 15.8 Å². The fourth-order valence-electron chi connectivity index (χ4n) is 9.66. The van der Waals surface area contributed by atoms with E-state index in [1.54, 1.807) is 30.4 Å². The zero-order valence-corrected chi connectivity index (χ0v) is 42.3. The van der Waals surface area contributed by atoms with E-state index in [4.69, 9.17) is 22.4 Å². The van der Waals surface area contributed by atoms with Crippen molar-refractivity contribution in [3.8, 4) is 0 Å². The lowest BCUT2D eigenvalue weighted by molar-refractivity contribution is -0.730. The predicted molar refractivity (Wildman–Crippen MR) is 275 cm³/mol. The number of benzene rings is 2. The average molecular weight is 1010 g/mol. The summed E-state index contributed by atoms with van der Waals surface area (Å²) in [5, 5.41) is 15.9. The van der Waals surface area contributed by atoms with Crippen LogP contribution in [0.3, 0.4) is 0 Å². The summed E-state index contributed by atoms with van der Waals surface area (Å²) in [6.07, 6.45) is 16.3. The van der Waals surface area contributed by atoms with E-state index >= 15 is 0 Å².